The maximum atomic E-state index is 10.4. The summed E-state index contributed by atoms with van der Waals surface area (Å²) in [7, 11) is 0. The molecule has 3 N–H and O–H groups in total. The van der Waals surface area contributed by atoms with Crippen molar-refractivity contribution in [2.24, 2.45) is 5.73 Å². The van der Waals surface area contributed by atoms with Gasteiger partial charge in [-0.15, -0.1) is 29.9 Å². The van der Waals surface area contributed by atoms with Gasteiger partial charge in [0.25, 0.3) is 0 Å². The van der Waals surface area contributed by atoms with Crippen LogP contribution in [0.3, 0.4) is 0 Å². The molecule has 0 aliphatic carbocycles. The Bertz CT molecular complexity index is 289. The van der Waals surface area contributed by atoms with Crippen LogP contribution in [0, 0.1) is 0 Å². The topological polar surface area (TPSA) is 94.0 Å². The second-order valence-corrected chi connectivity index (χ2v) is 2.61. The fourth-order valence-corrected chi connectivity index (χ4v) is 0.781. The summed E-state index contributed by atoms with van der Waals surface area (Å²) in [5.41, 5.74) is 5.41. The zero-order valence-electron chi connectivity index (χ0n) is 7.45. The Hall–Kier alpha value is -0.850. The number of hydrogen-bond donors (Lipinski definition) is 2. The number of halogens is 2. The Morgan fingerprint density at radius 1 is 1.71 bits per heavy atom. The van der Waals surface area contributed by atoms with Crippen LogP contribution in [-0.2, 0) is 6.54 Å². The lowest BCUT2D eigenvalue weighted by atomic mass is 10.4. The summed E-state index contributed by atoms with van der Waals surface area (Å²) in [6.07, 6.45) is 1.35. The van der Waals surface area contributed by atoms with Crippen molar-refractivity contribution in [2.45, 2.75) is 19.5 Å². The van der Waals surface area contributed by atoms with Gasteiger partial charge >= 0.3 is 5.97 Å². The monoisotopic (exact) mass is 242 g/mol. The van der Waals surface area contributed by atoms with Crippen LogP contribution in [0.15, 0.2) is 6.20 Å². The average molecular weight is 243 g/mol. The largest absolute Gasteiger partial charge is 0.476 e. The van der Waals surface area contributed by atoms with Crippen LogP contribution < -0.4 is 5.73 Å². The van der Waals surface area contributed by atoms with Crippen molar-refractivity contribution >= 4 is 30.8 Å². The number of nitrogens with zero attached hydrogens (tertiary/aromatic N) is 3. The molecule has 0 bridgehead atoms. The molecule has 0 spiro atoms. The van der Waals surface area contributed by atoms with Gasteiger partial charge in [-0.3, -0.25) is 4.68 Å². The molecule has 0 saturated heterocycles. The molecule has 0 aromatic carbocycles. The highest BCUT2D eigenvalue weighted by Gasteiger charge is 2.08. The zero-order valence-corrected chi connectivity index (χ0v) is 9.09. The van der Waals surface area contributed by atoms with E-state index in [4.69, 9.17) is 10.8 Å². The Balaban J connectivity index is 0. The number of carbonyl (C=O) groups is 1. The molecular formula is C6H12Cl2N4O2. The lowest BCUT2D eigenvalue weighted by Crippen LogP contribution is -2.22. The van der Waals surface area contributed by atoms with Gasteiger partial charge in [0, 0.05) is 6.04 Å². The highest BCUT2D eigenvalue weighted by molar-refractivity contribution is 5.85. The Morgan fingerprint density at radius 2 is 2.29 bits per heavy atom. The minimum Gasteiger partial charge on any atom is -0.476 e. The third-order valence-electron chi connectivity index (χ3n) is 1.23. The van der Waals surface area contributed by atoms with E-state index in [0.29, 0.717) is 6.54 Å². The van der Waals surface area contributed by atoms with Crippen LogP contribution in [0.2, 0.25) is 0 Å². The van der Waals surface area contributed by atoms with E-state index in [2.05, 4.69) is 10.3 Å². The lowest BCUT2D eigenvalue weighted by molar-refractivity contribution is 0.0690. The van der Waals surface area contributed by atoms with Gasteiger partial charge in [-0.25, -0.2) is 4.79 Å². The second-order valence-electron chi connectivity index (χ2n) is 2.61. The van der Waals surface area contributed by atoms with E-state index >= 15 is 0 Å². The zero-order chi connectivity index (χ0) is 9.14. The highest BCUT2D eigenvalue weighted by Crippen LogP contribution is 1.93. The molecule has 1 rings (SSSR count). The Kier molecular flexibility index (Phi) is 7.34. The molecule has 0 saturated carbocycles. The van der Waals surface area contributed by atoms with Crippen LogP contribution in [0.5, 0.6) is 0 Å². The molecule has 0 aliphatic heterocycles. The summed E-state index contributed by atoms with van der Waals surface area (Å²) in [6, 6.07) is -0.0617. The first-order valence-corrected chi connectivity index (χ1v) is 3.48. The molecule has 0 radical (unpaired) electrons. The highest BCUT2D eigenvalue weighted by atomic mass is 35.5. The average Bonchev–Trinajstić information content (AvgIpc) is 2.34. The first-order valence-electron chi connectivity index (χ1n) is 3.48. The minimum absolute atomic E-state index is 0. The molecule has 82 valence electrons. The van der Waals surface area contributed by atoms with Crippen molar-refractivity contribution in [3.8, 4) is 0 Å². The molecule has 6 nitrogen and oxygen atoms in total. The summed E-state index contributed by atoms with van der Waals surface area (Å²) >= 11 is 0. The van der Waals surface area contributed by atoms with E-state index in [1.807, 2.05) is 6.92 Å². The smallest absolute Gasteiger partial charge is 0.358 e. The molecule has 0 aliphatic rings. The van der Waals surface area contributed by atoms with Gasteiger partial charge in [-0.2, -0.15) is 0 Å². The van der Waals surface area contributed by atoms with Gasteiger partial charge in [-0.1, -0.05) is 5.21 Å². The molecule has 1 aromatic heterocycles. The fraction of sp³-hybridized carbons (Fsp3) is 0.500. The van der Waals surface area contributed by atoms with Gasteiger partial charge in [0.2, 0.25) is 0 Å². The third-order valence-corrected chi connectivity index (χ3v) is 1.23. The summed E-state index contributed by atoms with van der Waals surface area (Å²) in [5, 5.41) is 15.5. The maximum absolute atomic E-state index is 10.4. The Labute approximate surface area is 93.3 Å². The number of aromatic carboxylic acids is 1. The van der Waals surface area contributed by atoms with Crippen LogP contribution >= 0.6 is 24.8 Å². The molecule has 8 heteroatoms. The van der Waals surface area contributed by atoms with Gasteiger partial charge in [0.1, 0.15) is 0 Å². The number of hydrogen-bond acceptors (Lipinski definition) is 4. The van der Waals surface area contributed by atoms with Crippen molar-refractivity contribution < 1.29 is 9.90 Å². The first kappa shape index (κ1) is 15.6. The quantitative estimate of drug-likeness (QED) is 0.788. The molecule has 0 amide bonds. The van der Waals surface area contributed by atoms with Crippen LogP contribution in [-0.4, -0.2) is 32.1 Å². The fourth-order valence-electron chi connectivity index (χ4n) is 0.781. The molecular weight excluding hydrogens is 231 g/mol. The maximum Gasteiger partial charge on any atom is 0.358 e. The number of carboxylic acid groups (broad SMARTS) is 1. The predicted molar refractivity (Wildman–Crippen MR) is 55.1 cm³/mol. The van der Waals surface area contributed by atoms with Crippen molar-refractivity contribution in [1.29, 1.82) is 0 Å². The van der Waals surface area contributed by atoms with Crippen LogP contribution in [0.25, 0.3) is 0 Å². The van der Waals surface area contributed by atoms with Crippen LogP contribution in [0.4, 0.5) is 0 Å². The number of aromatic nitrogens is 3. The van der Waals surface area contributed by atoms with E-state index in [9.17, 15) is 4.79 Å². The van der Waals surface area contributed by atoms with E-state index < -0.39 is 5.97 Å². The van der Waals surface area contributed by atoms with Crippen LogP contribution in [0.1, 0.15) is 17.4 Å². The molecule has 1 unspecified atom stereocenters. The standard InChI is InChI=1S/C6H10N4O2.2ClH/c1-4(7)2-10-3-5(6(11)12)8-9-10;;/h3-4H,2,7H2,1H3,(H,11,12);2*1H. The van der Waals surface area contributed by atoms with Crippen molar-refractivity contribution in [3.63, 3.8) is 0 Å². The van der Waals surface area contributed by atoms with E-state index in [1.165, 1.54) is 10.9 Å². The summed E-state index contributed by atoms with van der Waals surface area (Å²) in [4.78, 5) is 10.4. The van der Waals surface area contributed by atoms with E-state index in [0.717, 1.165) is 0 Å². The molecule has 1 aromatic rings. The second kappa shape index (κ2) is 6.58. The first-order chi connectivity index (χ1) is 5.59. The van der Waals surface area contributed by atoms with Crippen molar-refractivity contribution in [3.05, 3.63) is 11.9 Å². The van der Waals surface area contributed by atoms with Crippen molar-refractivity contribution in [2.75, 3.05) is 0 Å². The lowest BCUT2D eigenvalue weighted by Gasteiger charge is -2.01. The molecule has 1 heterocycles. The predicted octanol–water partition coefficient (Wildman–Crippen LogP) is 0.167. The van der Waals surface area contributed by atoms with Gasteiger partial charge in [0.05, 0.1) is 12.7 Å². The summed E-state index contributed by atoms with van der Waals surface area (Å²) in [5.74, 6) is -1.08. The third kappa shape index (κ3) is 4.40. The SMILES string of the molecule is CC(N)Cn1cc(C(=O)O)nn1.Cl.Cl. The molecule has 1 atom stereocenters. The van der Waals surface area contributed by atoms with Gasteiger partial charge in [0.15, 0.2) is 5.69 Å². The number of rotatable bonds is 3. The number of carboxylic acids is 1. The normalized spacial score (nSPS) is 11.0. The van der Waals surface area contributed by atoms with Gasteiger partial charge in [-0.05, 0) is 6.92 Å². The molecule has 14 heavy (non-hydrogen) atoms. The minimum atomic E-state index is -1.08. The van der Waals surface area contributed by atoms with Gasteiger partial charge < -0.3 is 10.8 Å². The Morgan fingerprint density at radius 3 is 2.64 bits per heavy atom. The van der Waals surface area contributed by atoms with Crippen molar-refractivity contribution in [1.82, 2.24) is 15.0 Å². The summed E-state index contributed by atoms with van der Waals surface area (Å²) < 4.78 is 1.41. The summed E-state index contributed by atoms with van der Waals surface area (Å²) in [6.45, 7) is 2.28. The molecule has 0 fully saturated rings. The van der Waals surface area contributed by atoms with E-state index in [1.54, 1.807) is 0 Å². The number of nitrogens with two attached hydrogens (primary N) is 1. The van der Waals surface area contributed by atoms with E-state index in [-0.39, 0.29) is 36.5 Å².